The lowest BCUT2D eigenvalue weighted by molar-refractivity contribution is 0.678. The van der Waals surface area contributed by atoms with Crippen LogP contribution in [0.2, 0.25) is 0 Å². The van der Waals surface area contributed by atoms with E-state index in [0.717, 1.165) is 30.2 Å². The summed E-state index contributed by atoms with van der Waals surface area (Å²) in [5.41, 5.74) is 2.31. The van der Waals surface area contributed by atoms with Crippen LogP contribution >= 0.6 is 11.3 Å². The number of rotatable bonds is 1. The monoisotopic (exact) mass is 231 g/mol. The average Bonchev–Trinajstić information content (AvgIpc) is 2.72. The average molecular weight is 231 g/mol. The van der Waals surface area contributed by atoms with Crippen molar-refractivity contribution in [3.05, 3.63) is 30.6 Å². The Balaban J connectivity index is 1.96. The van der Waals surface area contributed by atoms with E-state index in [1.54, 1.807) is 11.3 Å². The van der Waals surface area contributed by atoms with Gasteiger partial charge in [-0.1, -0.05) is 23.5 Å². The summed E-state index contributed by atoms with van der Waals surface area (Å²) >= 11 is 1.74. The van der Waals surface area contributed by atoms with E-state index in [0.29, 0.717) is 0 Å². The molecule has 2 aromatic rings. The molecular formula is C12H13N3S. The van der Waals surface area contributed by atoms with Crippen LogP contribution < -0.4 is 4.90 Å². The number of piperidine rings is 1. The summed E-state index contributed by atoms with van der Waals surface area (Å²) in [6, 6.07) is 2.02. The van der Waals surface area contributed by atoms with Crippen molar-refractivity contribution >= 4 is 26.7 Å². The van der Waals surface area contributed by atoms with Gasteiger partial charge in [0.05, 0.1) is 10.9 Å². The molecule has 1 saturated heterocycles. The molecule has 16 heavy (non-hydrogen) atoms. The normalized spacial score (nSPS) is 17.0. The van der Waals surface area contributed by atoms with Crippen molar-refractivity contribution in [2.45, 2.75) is 12.8 Å². The van der Waals surface area contributed by atoms with Crippen molar-refractivity contribution in [3.8, 4) is 0 Å². The first-order valence-corrected chi connectivity index (χ1v) is 6.27. The Morgan fingerprint density at radius 1 is 1.44 bits per heavy atom. The molecule has 1 aliphatic heterocycles. The number of hydrogen-bond acceptors (Lipinski definition) is 4. The van der Waals surface area contributed by atoms with Crippen LogP contribution in [0.4, 0.5) is 5.13 Å². The van der Waals surface area contributed by atoms with Crippen molar-refractivity contribution in [3.63, 3.8) is 0 Å². The minimum Gasteiger partial charge on any atom is -0.344 e. The van der Waals surface area contributed by atoms with E-state index in [2.05, 4.69) is 21.4 Å². The van der Waals surface area contributed by atoms with Crippen molar-refractivity contribution in [2.24, 2.45) is 0 Å². The second-order valence-corrected chi connectivity index (χ2v) is 5.12. The summed E-state index contributed by atoms with van der Waals surface area (Å²) in [5.74, 6) is 0. The minimum atomic E-state index is 0.952. The predicted octanol–water partition coefficient (Wildman–Crippen LogP) is 2.85. The van der Waals surface area contributed by atoms with Crippen molar-refractivity contribution in [1.82, 2.24) is 9.97 Å². The second kappa shape index (κ2) is 3.87. The van der Waals surface area contributed by atoms with Crippen molar-refractivity contribution in [2.75, 3.05) is 18.0 Å². The first-order valence-electron chi connectivity index (χ1n) is 5.45. The molecule has 3 nitrogen and oxygen atoms in total. The molecule has 0 amide bonds. The fourth-order valence-electron chi connectivity index (χ4n) is 2.01. The van der Waals surface area contributed by atoms with Crippen LogP contribution in [0.5, 0.6) is 0 Å². The molecule has 0 bridgehead atoms. The molecule has 82 valence electrons. The number of anilines is 1. The fraction of sp³-hybridized carbons (Fsp3) is 0.333. The maximum Gasteiger partial charge on any atom is 0.186 e. The molecular weight excluding hydrogens is 218 g/mol. The van der Waals surface area contributed by atoms with Crippen LogP contribution in [0.25, 0.3) is 10.2 Å². The van der Waals surface area contributed by atoms with Gasteiger partial charge < -0.3 is 4.90 Å². The predicted molar refractivity (Wildman–Crippen MR) is 68.0 cm³/mol. The van der Waals surface area contributed by atoms with E-state index < -0.39 is 0 Å². The van der Waals surface area contributed by atoms with Gasteiger partial charge >= 0.3 is 0 Å². The zero-order chi connectivity index (χ0) is 11.0. The van der Waals surface area contributed by atoms with Gasteiger partial charge in [-0.3, -0.25) is 4.98 Å². The molecule has 3 heterocycles. The number of nitrogens with zero attached hydrogens (tertiary/aromatic N) is 3. The molecule has 4 heteroatoms. The molecule has 0 aromatic carbocycles. The quantitative estimate of drug-likeness (QED) is 0.707. The van der Waals surface area contributed by atoms with Crippen molar-refractivity contribution in [1.29, 1.82) is 0 Å². The topological polar surface area (TPSA) is 29.0 Å². The van der Waals surface area contributed by atoms with Gasteiger partial charge in [-0.25, -0.2) is 4.98 Å². The lowest BCUT2D eigenvalue weighted by Gasteiger charge is -2.27. The number of hydrogen-bond donors (Lipinski definition) is 0. The zero-order valence-electron chi connectivity index (χ0n) is 9.02. The molecule has 1 fully saturated rings. The molecule has 0 atom stereocenters. The standard InChI is InChI=1S/C12H13N3S/c1-9-3-2-6-15(8-9)12-14-10-7-13-5-4-11(10)16-12/h4-5,7H,1-3,6,8H2. The van der Waals surface area contributed by atoms with E-state index >= 15 is 0 Å². The molecule has 0 unspecified atom stereocenters. The first kappa shape index (κ1) is 9.78. The molecule has 0 spiro atoms. The largest absolute Gasteiger partial charge is 0.344 e. The molecule has 1 aliphatic rings. The third kappa shape index (κ3) is 1.69. The summed E-state index contributed by atoms with van der Waals surface area (Å²) in [4.78, 5) is 11.0. The third-order valence-electron chi connectivity index (χ3n) is 2.82. The highest BCUT2D eigenvalue weighted by Gasteiger charge is 2.16. The minimum absolute atomic E-state index is 0.952. The lowest BCUT2D eigenvalue weighted by Crippen LogP contribution is -2.30. The van der Waals surface area contributed by atoms with Gasteiger partial charge in [0.15, 0.2) is 5.13 Å². The van der Waals surface area contributed by atoms with Crippen molar-refractivity contribution < 1.29 is 0 Å². The van der Waals surface area contributed by atoms with Gasteiger partial charge in [0.25, 0.3) is 0 Å². The van der Waals surface area contributed by atoms with Crippen LogP contribution in [-0.2, 0) is 0 Å². The Bertz CT molecular complexity index is 499. The summed E-state index contributed by atoms with van der Waals surface area (Å²) in [6.45, 7) is 6.11. The first-order chi connectivity index (χ1) is 7.83. The molecule has 0 aliphatic carbocycles. The third-order valence-corrected chi connectivity index (χ3v) is 3.92. The molecule has 2 aromatic heterocycles. The Morgan fingerprint density at radius 2 is 2.38 bits per heavy atom. The van der Waals surface area contributed by atoms with Crippen LogP contribution in [0.3, 0.4) is 0 Å². The molecule has 0 saturated carbocycles. The number of aromatic nitrogens is 2. The molecule has 3 rings (SSSR count). The van der Waals surface area contributed by atoms with Crippen LogP contribution in [0.1, 0.15) is 12.8 Å². The lowest BCUT2D eigenvalue weighted by atomic mass is 10.1. The molecule has 0 N–H and O–H groups in total. The summed E-state index contributed by atoms with van der Waals surface area (Å²) in [6.07, 6.45) is 5.99. The van der Waals surface area contributed by atoms with E-state index in [9.17, 15) is 0 Å². The van der Waals surface area contributed by atoms with Crippen LogP contribution in [0, 0.1) is 0 Å². The number of pyridine rings is 1. The smallest absolute Gasteiger partial charge is 0.186 e. The highest BCUT2D eigenvalue weighted by atomic mass is 32.1. The highest BCUT2D eigenvalue weighted by Crippen LogP contribution is 2.30. The Kier molecular flexibility index (Phi) is 2.36. The van der Waals surface area contributed by atoms with E-state index in [-0.39, 0.29) is 0 Å². The van der Waals surface area contributed by atoms with Gasteiger partial charge in [-0.05, 0) is 18.9 Å². The van der Waals surface area contributed by atoms with Gasteiger partial charge in [-0.15, -0.1) is 0 Å². The SMILES string of the molecule is C=C1CCCN(c2nc3cnccc3s2)C1. The maximum atomic E-state index is 4.61. The summed E-state index contributed by atoms with van der Waals surface area (Å²) < 4.78 is 1.21. The summed E-state index contributed by atoms with van der Waals surface area (Å²) in [7, 11) is 0. The van der Waals surface area contributed by atoms with Gasteiger partial charge in [0.2, 0.25) is 0 Å². The summed E-state index contributed by atoms with van der Waals surface area (Å²) in [5, 5.41) is 1.10. The van der Waals surface area contributed by atoms with Crippen LogP contribution in [0.15, 0.2) is 30.6 Å². The van der Waals surface area contributed by atoms with E-state index in [4.69, 9.17) is 0 Å². The van der Waals surface area contributed by atoms with Crippen LogP contribution in [-0.4, -0.2) is 23.1 Å². The van der Waals surface area contributed by atoms with E-state index in [1.165, 1.54) is 16.7 Å². The van der Waals surface area contributed by atoms with E-state index in [1.807, 2.05) is 18.5 Å². The van der Waals surface area contributed by atoms with Gasteiger partial charge in [0.1, 0.15) is 5.52 Å². The fourth-order valence-corrected chi connectivity index (χ4v) is 2.97. The molecule has 0 radical (unpaired) electrons. The zero-order valence-corrected chi connectivity index (χ0v) is 9.83. The Labute approximate surface area is 98.4 Å². The van der Waals surface area contributed by atoms with Gasteiger partial charge in [-0.2, -0.15) is 0 Å². The highest BCUT2D eigenvalue weighted by molar-refractivity contribution is 7.22. The Morgan fingerprint density at radius 3 is 3.19 bits per heavy atom. The second-order valence-electron chi connectivity index (χ2n) is 4.11. The number of thiazole rings is 1. The maximum absolute atomic E-state index is 4.61. The van der Waals surface area contributed by atoms with Gasteiger partial charge in [0, 0.05) is 19.3 Å². The number of fused-ring (bicyclic) bond motifs is 1. The Hall–Kier alpha value is -1.42.